The zero-order valence-corrected chi connectivity index (χ0v) is 60.4. The summed E-state index contributed by atoms with van der Waals surface area (Å²) < 4.78 is 45.7. The summed E-state index contributed by atoms with van der Waals surface area (Å²) in [5.74, 6) is -1.51. The second kappa shape index (κ2) is 38.6. The molecule has 0 bridgehead atoms. The molecule has 572 valence electrons. The van der Waals surface area contributed by atoms with Crippen LogP contribution in [0.3, 0.4) is 0 Å². The molecule has 2 aliphatic carbocycles. The van der Waals surface area contributed by atoms with E-state index in [2.05, 4.69) is 27.8 Å². The topological polar surface area (TPSA) is 411 Å². The number of esters is 1. The molecule has 9 rings (SSSR count). The number of ketones is 5. The Morgan fingerprint density at radius 1 is 0.738 bits per heavy atom. The summed E-state index contributed by atoms with van der Waals surface area (Å²) in [7, 11) is 1.29. The van der Waals surface area contributed by atoms with Gasteiger partial charge in [0.1, 0.15) is 47.9 Å². The van der Waals surface area contributed by atoms with Gasteiger partial charge in [-0.25, -0.2) is 4.79 Å². The molecule has 0 aromatic heterocycles. The maximum Gasteiger partial charge on any atom is 0.312 e. The van der Waals surface area contributed by atoms with Crippen molar-refractivity contribution >= 4 is 64.3 Å². The first-order chi connectivity index (χ1) is 51.4. The fourth-order valence-corrected chi connectivity index (χ4v) is 13.4. The Bertz CT molecular complexity index is 4130. The fourth-order valence-electron chi connectivity index (χ4n) is 13.4. The molecule has 4 aliphatic rings. The highest BCUT2D eigenvalue weighted by atomic mass is 16.7. The third-order valence-corrected chi connectivity index (χ3v) is 19.2. The Hall–Kier alpha value is -9.80. The van der Waals surface area contributed by atoms with Crippen LogP contribution < -0.4 is 31.3 Å². The number of aliphatic hydroxyl groups is 3. The summed E-state index contributed by atoms with van der Waals surface area (Å²) in [5, 5.41) is 64.6. The standard InChI is InChI=1S/C79H93N5O23/c1-46(2)71(83-63(89)28-31-102-33-35-104-37-36-103-34-32-101-30-11-15-54(86)26-27-64(90)84-43-52-14-6-5-12-50(52)24-25-51-13-7-8-18-58(51)84)77(97)82-57(17-10-29-81-78(80)98)59(87)38-48-20-22-49(23-21-48)45-105-65(91)39-53-40-66(106-47(3)72(53)92)107-61-42-79(99,62(88)44-85)41-56-68(61)76(96)70-69(74(56)94)73(93)55-16-9-19-60(100-4)67(55)75(70)95/h5-9,12-14,16,18-23,46-47,53,57,61,66,71-72,85,92,94,96,99H,10-11,15,17,26-45H2,1-4H3,(H,82,97)(H,83,89)(H3,80,81,98)/t47-,53-,57?,61-,66-,71-,72+,79-/m0/s1. The molecule has 5 aromatic carbocycles. The number of benzene rings is 5. The number of ether oxygens (including phenoxy) is 8. The molecule has 10 N–H and O–H groups in total. The van der Waals surface area contributed by atoms with Crippen molar-refractivity contribution in [2.24, 2.45) is 17.6 Å². The molecule has 8 atom stereocenters. The Kier molecular flexibility index (Phi) is 29.4. The number of nitrogens with two attached hydrogens (primary N) is 1. The number of aliphatic hydroxyl groups excluding tert-OH is 2. The molecule has 28 heteroatoms. The van der Waals surface area contributed by atoms with Crippen LogP contribution in [0.5, 0.6) is 17.2 Å². The third-order valence-electron chi connectivity index (χ3n) is 19.2. The number of anilines is 1. The number of carbonyl (C=O) groups excluding carboxylic acids is 10. The zero-order valence-electron chi connectivity index (χ0n) is 60.4. The number of para-hydroxylation sites is 1. The lowest BCUT2D eigenvalue weighted by molar-refractivity contribution is -0.257. The lowest BCUT2D eigenvalue weighted by Gasteiger charge is -2.42. The van der Waals surface area contributed by atoms with Crippen molar-refractivity contribution in [1.82, 2.24) is 16.0 Å². The van der Waals surface area contributed by atoms with Crippen molar-refractivity contribution in [2.45, 2.75) is 153 Å². The number of urea groups is 1. The average molecular weight is 1480 g/mol. The molecule has 1 unspecified atom stereocenters. The molecule has 0 saturated carbocycles. The molecule has 1 fully saturated rings. The first-order valence-electron chi connectivity index (χ1n) is 35.8. The molecule has 5 aromatic rings. The van der Waals surface area contributed by atoms with E-state index in [4.69, 9.17) is 43.6 Å². The van der Waals surface area contributed by atoms with E-state index in [1.165, 1.54) is 32.2 Å². The summed E-state index contributed by atoms with van der Waals surface area (Å²) in [6.07, 6.45) is -5.73. The maximum absolute atomic E-state index is 14.1. The van der Waals surface area contributed by atoms with E-state index in [-0.39, 0.29) is 136 Å². The summed E-state index contributed by atoms with van der Waals surface area (Å²) in [4.78, 5) is 135. The number of Topliss-reactive ketones (excluding diaryl/α,β-unsaturated/α-hetero) is 3. The number of nitrogens with one attached hydrogen (secondary N) is 3. The highest BCUT2D eigenvalue weighted by molar-refractivity contribution is 6.31. The number of fused-ring (bicyclic) bond motifs is 5. The minimum Gasteiger partial charge on any atom is -0.507 e. The van der Waals surface area contributed by atoms with Crippen LogP contribution in [-0.2, 0) is 92.7 Å². The van der Waals surface area contributed by atoms with Gasteiger partial charge in [0.15, 0.2) is 23.6 Å². The van der Waals surface area contributed by atoms with E-state index in [9.17, 15) is 73.5 Å². The van der Waals surface area contributed by atoms with Crippen molar-refractivity contribution in [2.75, 3.05) is 78.0 Å². The number of hydrogen-bond acceptors (Lipinski definition) is 23. The highest BCUT2D eigenvalue weighted by Gasteiger charge is 2.51. The van der Waals surface area contributed by atoms with Crippen molar-refractivity contribution < 1.29 is 111 Å². The maximum atomic E-state index is 14.1. The second-order valence-electron chi connectivity index (χ2n) is 27.1. The van der Waals surface area contributed by atoms with Gasteiger partial charge in [-0.1, -0.05) is 92.4 Å². The normalized spacial score (nSPS) is 19.0. The molecule has 28 nitrogen and oxygen atoms in total. The quantitative estimate of drug-likeness (QED) is 0.0104. The molecule has 5 amide bonds. The van der Waals surface area contributed by atoms with Crippen LogP contribution in [0.1, 0.15) is 162 Å². The number of carbonyl (C=O) groups is 10. The van der Waals surface area contributed by atoms with Crippen molar-refractivity contribution in [3.63, 3.8) is 0 Å². The van der Waals surface area contributed by atoms with Gasteiger partial charge in [0.05, 0.1) is 113 Å². The smallest absolute Gasteiger partial charge is 0.312 e. The molecule has 1 saturated heterocycles. The molecule has 2 aliphatic heterocycles. The van der Waals surface area contributed by atoms with E-state index in [1.54, 1.807) is 43.0 Å². The van der Waals surface area contributed by atoms with Gasteiger partial charge in [0, 0.05) is 98.3 Å². The molecule has 2 heterocycles. The lowest BCUT2D eigenvalue weighted by atomic mass is 9.72. The van der Waals surface area contributed by atoms with E-state index < -0.39 is 137 Å². The number of phenols is 2. The minimum absolute atomic E-state index is 0.0162. The second-order valence-corrected chi connectivity index (χ2v) is 27.1. The molecule has 0 spiro atoms. The van der Waals surface area contributed by atoms with Gasteiger partial charge in [0.25, 0.3) is 0 Å². The fraction of sp³-hybridized carbons (Fsp3) is 0.468. The summed E-state index contributed by atoms with van der Waals surface area (Å²) in [6.45, 7) is 6.17. The highest BCUT2D eigenvalue weighted by Crippen LogP contribution is 2.53. The van der Waals surface area contributed by atoms with Gasteiger partial charge >= 0.3 is 12.0 Å². The minimum atomic E-state index is -2.41. The molecular formula is C79H93N5O23. The Balaban J connectivity index is 0.665. The Morgan fingerprint density at radius 3 is 2.08 bits per heavy atom. The van der Waals surface area contributed by atoms with Gasteiger partial charge in [-0.2, -0.15) is 0 Å². The van der Waals surface area contributed by atoms with E-state index >= 15 is 0 Å². The largest absolute Gasteiger partial charge is 0.507 e. The van der Waals surface area contributed by atoms with Crippen LogP contribution >= 0.6 is 0 Å². The lowest BCUT2D eigenvalue weighted by Crippen LogP contribution is -2.54. The molecule has 0 radical (unpaired) electrons. The summed E-state index contributed by atoms with van der Waals surface area (Å²) in [6, 6.07) is 23.2. The third kappa shape index (κ3) is 21.3. The number of rotatable bonds is 39. The van der Waals surface area contributed by atoms with Gasteiger partial charge in [-0.3, -0.25) is 43.2 Å². The van der Waals surface area contributed by atoms with E-state index in [0.29, 0.717) is 56.9 Å². The van der Waals surface area contributed by atoms with Crippen LogP contribution in [-0.4, -0.2) is 193 Å². The number of phenolic OH excluding ortho intramolecular Hbond substituents is 2. The van der Waals surface area contributed by atoms with Crippen LogP contribution in [0.2, 0.25) is 0 Å². The van der Waals surface area contributed by atoms with Crippen LogP contribution in [0.25, 0.3) is 0 Å². The predicted octanol–water partition coefficient (Wildman–Crippen LogP) is 5.14. The number of methoxy groups -OCH3 is 1. The first kappa shape index (κ1) is 81.3. The van der Waals surface area contributed by atoms with E-state index in [0.717, 1.165) is 22.4 Å². The van der Waals surface area contributed by atoms with Crippen molar-refractivity contribution in [3.8, 4) is 29.1 Å². The number of amides is 5. The van der Waals surface area contributed by atoms with Gasteiger partial charge in [-0.15, -0.1) is 0 Å². The van der Waals surface area contributed by atoms with Crippen molar-refractivity contribution in [3.05, 3.63) is 152 Å². The predicted molar refractivity (Wildman–Crippen MR) is 384 cm³/mol. The zero-order chi connectivity index (χ0) is 76.9. The van der Waals surface area contributed by atoms with Crippen molar-refractivity contribution in [1.29, 1.82) is 0 Å². The van der Waals surface area contributed by atoms with Gasteiger partial charge < -0.3 is 90.0 Å². The Morgan fingerprint density at radius 2 is 1.39 bits per heavy atom. The first-order valence-corrected chi connectivity index (χ1v) is 35.8. The van der Waals surface area contributed by atoms with E-state index in [1.807, 2.05) is 48.5 Å². The average Bonchev–Trinajstić information content (AvgIpc) is 0.710. The summed E-state index contributed by atoms with van der Waals surface area (Å²) >= 11 is 0. The SMILES string of the molecule is COc1cccc2c1C(=O)c1c(O)c3c(c(O)c1C2=O)C[C@@](O)(C(=O)CO)C[C@@H]3O[C@H]1C[C@H](CC(=O)OCc2ccc(CC(=O)C(CCCNC(N)=O)NC(=O)[C@@H](NC(=O)CCOCCOCCOCCOCCCC(=O)CCC(=O)N3Cc4ccccc4C#Cc4ccccc43)C(C)C)cc2)[C@H](O)[C@H](C)O1. The molecular weight excluding hydrogens is 1390 g/mol. The Labute approximate surface area is 619 Å². The number of nitrogens with zero attached hydrogens (tertiary/aromatic N) is 1. The van der Waals surface area contributed by atoms with Crippen LogP contribution in [0, 0.1) is 23.7 Å². The van der Waals surface area contributed by atoms with Gasteiger partial charge in [0.2, 0.25) is 23.5 Å². The van der Waals surface area contributed by atoms with Crippen LogP contribution in [0.15, 0.2) is 91.0 Å². The van der Waals surface area contributed by atoms with Crippen LogP contribution in [0.4, 0.5) is 10.5 Å². The molecule has 107 heavy (non-hydrogen) atoms. The number of primary amides is 1. The number of hydrogen-bond donors (Lipinski definition) is 9. The summed E-state index contributed by atoms with van der Waals surface area (Å²) in [5.41, 5.74) is 5.27. The monoisotopic (exact) mass is 1480 g/mol. The number of aromatic hydroxyl groups is 2. The van der Waals surface area contributed by atoms with Gasteiger partial charge in [-0.05, 0) is 73.1 Å².